The van der Waals surface area contributed by atoms with Crippen LogP contribution in [0.25, 0.3) is 0 Å². The van der Waals surface area contributed by atoms with Gasteiger partial charge in [-0.15, -0.1) is 0 Å². The van der Waals surface area contributed by atoms with E-state index >= 15 is 0 Å². The summed E-state index contributed by atoms with van der Waals surface area (Å²) >= 11 is 0. The fourth-order valence-corrected chi connectivity index (χ4v) is 5.66. The first-order valence-corrected chi connectivity index (χ1v) is 17.5. The molecule has 0 spiro atoms. The standard InChI is InChI=1S/C33H49F5N6O11/c1-7-10-18(26(50)32(34,35)33(36,37)38)40-29(53)21-11-9-12-44(21)31(55)24(15(3)4)42-30(54)25(16(5)8-2)43-28(52)20(14-23(48)49)41-27(51)19(13-22(46)47)39-17(6)45/h15-16,18-21,24-25H,7-14H2,1-6H3,(H,39,45)(H,40,53)(H,41,51)(H,42,54)(H,43,52)(H,46,47)(H,48,49)/t16-,18-,19-,20-,21-,24-,25-/m0/s1. The highest BCUT2D eigenvalue weighted by molar-refractivity contribution is 5.99. The Morgan fingerprint density at radius 1 is 0.727 bits per heavy atom. The highest BCUT2D eigenvalue weighted by Gasteiger charge is 2.64. The summed E-state index contributed by atoms with van der Waals surface area (Å²) in [5.41, 5.74) is 0. The highest BCUT2D eigenvalue weighted by atomic mass is 19.4. The number of ketones is 1. The summed E-state index contributed by atoms with van der Waals surface area (Å²) in [6.07, 6.45) is -8.41. The lowest BCUT2D eigenvalue weighted by molar-refractivity contribution is -0.269. The fourth-order valence-electron chi connectivity index (χ4n) is 5.66. The number of alkyl halides is 5. The number of hydrogen-bond donors (Lipinski definition) is 7. The van der Waals surface area contributed by atoms with Crippen LogP contribution in [0, 0.1) is 11.8 Å². The van der Waals surface area contributed by atoms with E-state index in [1.807, 2.05) is 5.32 Å². The number of carboxylic acids is 2. The van der Waals surface area contributed by atoms with Gasteiger partial charge < -0.3 is 41.7 Å². The number of amides is 6. The van der Waals surface area contributed by atoms with Gasteiger partial charge in [0, 0.05) is 13.5 Å². The molecule has 7 N–H and O–H groups in total. The molecule has 0 aromatic heterocycles. The first kappa shape index (κ1) is 48.1. The van der Waals surface area contributed by atoms with Crippen LogP contribution in [0.5, 0.6) is 0 Å². The number of rotatable bonds is 21. The van der Waals surface area contributed by atoms with Crippen molar-refractivity contribution in [3.63, 3.8) is 0 Å². The molecule has 1 heterocycles. The summed E-state index contributed by atoms with van der Waals surface area (Å²) in [7, 11) is 0. The molecule has 1 saturated heterocycles. The molecular formula is C33H49F5N6O11. The molecule has 0 aromatic carbocycles. The minimum atomic E-state index is -6.21. The van der Waals surface area contributed by atoms with Crippen LogP contribution >= 0.6 is 0 Å². The maximum atomic E-state index is 13.9. The zero-order valence-corrected chi connectivity index (χ0v) is 31.2. The molecule has 7 atom stereocenters. The minimum absolute atomic E-state index is 0.0565. The van der Waals surface area contributed by atoms with Crippen molar-refractivity contribution in [1.29, 1.82) is 0 Å². The first-order valence-electron chi connectivity index (χ1n) is 17.5. The number of Topliss-reactive ketones (excluding diaryl/α,β-unsaturated/α-hetero) is 1. The average molecular weight is 801 g/mol. The van der Waals surface area contributed by atoms with E-state index in [1.54, 1.807) is 6.92 Å². The normalized spacial score (nSPS) is 17.8. The van der Waals surface area contributed by atoms with Gasteiger partial charge in [0.05, 0.1) is 18.9 Å². The number of aliphatic carboxylic acids is 2. The molecule has 22 heteroatoms. The summed E-state index contributed by atoms with van der Waals surface area (Å²) in [4.78, 5) is 115. The van der Waals surface area contributed by atoms with Gasteiger partial charge in [0.25, 0.3) is 0 Å². The van der Waals surface area contributed by atoms with Crippen LogP contribution in [0.3, 0.4) is 0 Å². The predicted octanol–water partition coefficient (Wildman–Crippen LogP) is 0.640. The van der Waals surface area contributed by atoms with Gasteiger partial charge in [0.2, 0.25) is 41.2 Å². The Kier molecular flexibility index (Phi) is 18.1. The summed E-state index contributed by atoms with van der Waals surface area (Å²) in [6, 6.07) is -10.1. The molecule has 0 saturated carbocycles. The second-order valence-corrected chi connectivity index (χ2v) is 13.6. The third-order valence-electron chi connectivity index (χ3n) is 8.82. The predicted molar refractivity (Wildman–Crippen MR) is 180 cm³/mol. The zero-order chi connectivity index (χ0) is 42.6. The van der Waals surface area contributed by atoms with E-state index in [1.165, 1.54) is 27.7 Å². The van der Waals surface area contributed by atoms with Crippen LogP contribution in [0.1, 0.15) is 86.5 Å². The van der Waals surface area contributed by atoms with E-state index in [0.29, 0.717) is 0 Å². The summed E-state index contributed by atoms with van der Waals surface area (Å²) in [5, 5.41) is 29.5. The van der Waals surface area contributed by atoms with Crippen molar-refractivity contribution in [1.82, 2.24) is 31.5 Å². The van der Waals surface area contributed by atoms with Crippen LogP contribution in [0.15, 0.2) is 0 Å². The molecule has 0 aliphatic carbocycles. The molecular weight excluding hydrogens is 751 g/mol. The van der Waals surface area contributed by atoms with Gasteiger partial charge in [-0.3, -0.25) is 43.2 Å². The topological polar surface area (TPSA) is 257 Å². The van der Waals surface area contributed by atoms with E-state index in [4.69, 9.17) is 5.11 Å². The minimum Gasteiger partial charge on any atom is -0.481 e. The Balaban J connectivity index is 3.31. The molecule has 0 bridgehead atoms. The van der Waals surface area contributed by atoms with Gasteiger partial charge in [-0.25, -0.2) is 0 Å². The SMILES string of the molecule is CCC[C@H](NC(=O)[C@@H]1CCCN1C(=O)[C@@H](NC(=O)[C@@H](NC(=O)[C@H](CC(=O)O)NC(=O)[C@H](CC(=O)O)NC(C)=O)[C@@H](C)CC)C(C)C)C(=O)C(F)(F)C(F)(F)F. The molecule has 1 rings (SSSR count). The quantitative estimate of drug-likeness (QED) is 0.0793. The highest BCUT2D eigenvalue weighted by Crippen LogP contribution is 2.37. The van der Waals surface area contributed by atoms with Crippen LogP contribution < -0.4 is 26.6 Å². The van der Waals surface area contributed by atoms with E-state index in [-0.39, 0.29) is 32.2 Å². The van der Waals surface area contributed by atoms with Crippen molar-refractivity contribution >= 4 is 53.2 Å². The van der Waals surface area contributed by atoms with Gasteiger partial charge in [0.1, 0.15) is 30.2 Å². The third kappa shape index (κ3) is 13.7. The summed E-state index contributed by atoms with van der Waals surface area (Å²) in [5.74, 6) is -19.0. The number of carbonyl (C=O) groups is 9. The molecule has 6 amide bonds. The monoisotopic (exact) mass is 800 g/mol. The molecule has 0 radical (unpaired) electrons. The van der Waals surface area contributed by atoms with Crippen LogP contribution in [-0.4, -0.2) is 123 Å². The molecule has 0 aromatic rings. The maximum absolute atomic E-state index is 13.9. The van der Waals surface area contributed by atoms with Crippen molar-refractivity contribution in [3.05, 3.63) is 0 Å². The Labute approximate surface area is 313 Å². The lowest BCUT2D eigenvalue weighted by atomic mass is 9.95. The van der Waals surface area contributed by atoms with Gasteiger partial charge in [-0.2, -0.15) is 22.0 Å². The van der Waals surface area contributed by atoms with Crippen molar-refractivity contribution in [2.24, 2.45) is 11.8 Å². The molecule has 1 aliphatic heterocycles. The van der Waals surface area contributed by atoms with Crippen molar-refractivity contribution in [2.75, 3.05) is 6.54 Å². The first-order chi connectivity index (χ1) is 25.3. The van der Waals surface area contributed by atoms with Gasteiger partial charge in [0.15, 0.2) is 0 Å². The zero-order valence-electron chi connectivity index (χ0n) is 31.2. The van der Waals surface area contributed by atoms with E-state index in [0.717, 1.165) is 11.8 Å². The Morgan fingerprint density at radius 2 is 1.24 bits per heavy atom. The van der Waals surface area contributed by atoms with Gasteiger partial charge in [-0.1, -0.05) is 47.5 Å². The number of carbonyl (C=O) groups excluding carboxylic acids is 7. The van der Waals surface area contributed by atoms with Crippen LogP contribution in [0.4, 0.5) is 22.0 Å². The third-order valence-corrected chi connectivity index (χ3v) is 8.82. The van der Waals surface area contributed by atoms with Crippen molar-refractivity contribution < 1.29 is 75.3 Å². The average Bonchev–Trinajstić information content (AvgIpc) is 3.56. The number of likely N-dealkylation sites (tertiary alicyclic amines) is 1. The second kappa shape index (κ2) is 20.7. The molecule has 0 unspecified atom stereocenters. The fraction of sp³-hybridized carbons (Fsp3) is 0.727. The van der Waals surface area contributed by atoms with E-state index < -0.39 is 133 Å². The molecule has 55 heavy (non-hydrogen) atoms. The van der Waals surface area contributed by atoms with Crippen LogP contribution in [0.2, 0.25) is 0 Å². The number of hydrogen-bond acceptors (Lipinski definition) is 9. The Bertz CT molecular complexity index is 1450. The number of nitrogens with zero attached hydrogens (tertiary/aromatic N) is 1. The maximum Gasteiger partial charge on any atom is 0.461 e. The lowest BCUT2D eigenvalue weighted by Crippen LogP contribution is -2.62. The molecule has 1 aliphatic rings. The van der Waals surface area contributed by atoms with Gasteiger partial charge >= 0.3 is 24.0 Å². The van der Waals surface area contributed by atoms with Crippen molar-refractivity contribution in [3.8, 4) is 0 Å². The van der Waals surface area contributed by atoms with Crippen LogP contribution in [-0.2, 0) is 43.2 Å². The summed E-state index contributed by atoms with van der Waals surface area (Å²) < 4.78 is 66.6. The number of halogens is 5. The molecule has 17 nitrogen and oxygen atoms in total. The number of nitrogens with one attached hydrogen (secondary N) is 5. The smallest absolute Gasteiger partial charge is 0.461 e. The van der Waals surface area contributed by atoms with Crippen molar-refractivity contribution in [2.45, 2.75) is 135 Å². The van der Waals surface area contributed by atoms with Gasteiger partial charge in [-0.05, 0) is 31.1 Å². The molecule has 1 fully saturated rings. The second-order valence-electron chi connectivity index (χ2n) is 13.6. The Morgan fingerprint density at radius 3 is 1.69 bits per heavy atom. The van der Waals surface area contributed by atoms with E-state index in [9.17, 15) is 70.2 Å². The molecule has 312 valence electrons. The summed E-state index contributed by atoms with van der Waals surface area (Å²) in [6.45, 7) is 8.48. The largest absolute Gasteiger partial charge is 0.481 e. The van der Waals surface area contributed by atoms with E-state index in [2.05, 4.69) is 21.3 Å². The Hall–Kier alpha value is -4.92. The lowest BCUT2D eigenvalue weighted by Gasteiger charge is -2.33. The number of carboxylic acid groups (broad SMARTS) is 2.